The molecule has 1 aliphatic heterocycles. The Labute approximate surface area is 152 Å². The number of carbonyl (C=O) groups is 4. The molecule has 1 saturated heterocycles. The Hall–Kier alpha value is -2.37. The highest BCUT2D eigenvalue weighted by Gasteiger charge is 2.51. The maximum Gasteiger partial charge on any atom is 0.471 e. The van der Waals surface area contributed by atoms with Gasteiger partial charge in [0.05, 0.1) is 12.1 Å². The highest BCUT2D eigenvalue weighted by Crippen LogP contribution is 2.28. The summed E-state index contributed by atoms with van der Waals surface area (Å²) in [6, 6.07) is -1.47. The van der Waals surface area contributed by atoms with Gasteiger partial charge in [0.1, 0.15) is 12.7 Å². The quantitative estimate of drug-likeness (QED) is 0.516. The number of hydrogen-bond donors (Lipinski definition) is 1. The number of esters is 3. The minimum absolute atomic E-state index is 0.407. The highest BCUT2D eigenvalue weighted by atomic mass is 19.4. The fraction of sp³-hybridized carbons (Fsp3) is 0.733. The molecule has 0 radical (unpaired) electrons. The van der Waals surface area contributed by atoms with E-state index in [1.807, 2.05) is 0 Å². The van der Waals surface area contributed by atoms with E-state index >= 15 is 0 Å². The lowest BCUT2D eigenvalue weighted by molar-refractivity contribution is -0.223. The van der Waals surface area contributed by atoms with E-state index in [2.05, 4.69) is 0 Å². The first-order valence-electron chi connectivity index (χ1n) is 7.83. The number of ether oxygens (including phenoxy) is 4. The summed E-state index contributed by atoms with van der Waals surface area (Å²) in [5.41, 5.74) is 0. The monoisotopic (exact) mass is 399 g/mol. The van der Waals surface area contributed by atoms with Gasteiger partial charge < -0.3 is 24.3 Å². The average Bonchev–Trinajstić information content (AvgIpc) is 2.49. The van der Waals surface area contributed by atoms with Crippen LogP contribution in [0.4, 0.5) is 13.2 Å². The largest absolute Gasteiger partial charge is 0.471 e. The molecule has 1 aliphatic rings. The van der Waals surface area contributed by atoms with Gasteiger partial charge in [0.15, 0.2) is 12.2 Å². The highest BCUT2D eigenvalue weighted by molar-refractivity contribution is 5.82. The zero-order chi connectivity index (χ0) is 20.9. The first-order chi connectivity index (χ1) is 12.3. The van der Waals surface area contributed by atoms with E-state index in [-0.39, 0.29) is 0 Å². The van der Waals surface area contributed by atoms with Gasteiger partial charge in [-0.15, -0.1) is 0 Å². The molecule has 12 heteroatoms. The van der Waals surface area contributed by atoms with Gasteiger partial charge in [-0.05, 0) is 6.92 Å². The summed E-state index contributed by atoms with van der Waals surface area (Å²) in [6.07, 6.45) is -10.3. The molecule has 154 valence electrons. The van der Waals surface area contributed by atoms with Crippen molar-refractivity contribution in [1.29, 1.82) is 0 Å². The number of alkyl halides is 3. The van der Waals surface area contributed by atoms with Gasteiger partial charge in [0.25, 0.3) is 0 Å². The smallest absolute Gasteiger partial charge is 0.463 e. The summed E-state index contributed by atoms with van der Waals surface area (Å²) in [4.78, 5) is 45.2. The standard InChI is InChI=1S/C15H20F3NO8/c1-6-11(19-14(23)15(16,17)18)13(27-9(4)22)12(26-8(3)21)10(25-6)5-24-7(2)20/h6,10-13H,5H2,1-4H3,(H,19,23)/t6?,10-,11+,12-,13-/m1/s1. The van der Waals surface area contributed by atoms with Crippen LogP contribution in [0.3, 0.4) is 0 Å². The number of hydrogen-bond acceptors (Lipinski definition) is 8. The van der Waals surface area contributed by atoms with Crippen LogP contribution in [0.15, 0.2) is 0 Å². The summed E-state index contributed by atoms with van der Waals surface area (Å²) in [6.45, 7) is 4.05. The molecular weight excluding hydrogens is 379 g/mol. The van der Waals surface area contributed by atoms with E-state index in [0.29, 0.717) is 0 Å². The molecule has 0 aromatic rings. The van der Waals surface area contributed by atoms with Crippen LogP contribution in [0, 0.1) is 0 Å². The number of carbonyl (C=O) groups excluding carboxylic acids is 4. The van der Waals surface area contributed by atoms with Crippen molar-refractivity contribution >= 4 is 23.8 Å². The SMILES string of the molecule is CC(=O)OC[C@H]1OC(C)[C@H](NC(=O)C(F)(F)F)[C@@H](OC(C)=O)[C@@H]1OC(C)=O. The van der Waals surface area contributed by atoms with Crippen LogP contribution in [0.5, 0.6) is 0 Å². The molecule has 1 rings (SSSR count). The third-order valence-electron chi connectivity index (χ3n) is 3.55. The van der Waals surface area contributed by atoms with E-state index in [0.717, 1.165) is 20.8 Å². The minimum atomic E-state index is -5.19. The van der Waals surface area contributed by atoms with E-state index in [4.69, 9.17) is 18.9 Å². The van der Waals surface area contributed by atoms with Gasteiger partial charge in [-0.1, -0.05) is 0 Å². The predicted octanol–water partition coefficient (Wildman–Crippen LogP) is 0.247. The molecule has 1 unspecified atom stereocenters. The summed E-state index contributed by atoms with van der Waals surface area (Å²) < 4.78 is 58.1. The maximum absolute atomic E-state index is 12.6. The Morgan fingerprint density at radius 2 is 1.48 bits per heavy atom. The van der Waals surface area contributed by atoms with Crippen molar-refractivity contribution in [2.45, 2.75) is 64.3 Å². The van der Waals surface area contributed by atoms with Crippen LogP contribution >= 0.6 is 0 Å². The van der Waals surface area contributed by atoms with Crippen LogP contribution in [-0.2, 0) is 38.1 Å². The maximum atomic E-state index is 12.6. The van der Waals surface area contributed by atoms with E-state index in [9.17, 15) is 32.3 Å². The van der Waals surface area contributed by atoms with Gasteiger partial charge in [-0.3, -0.25) is 19.2 Å². The lowest BCUT2D eigenvalue weighted by Crippen LogP contribution is -2.66. The third kappa shape index (κ3) is 6.70. The molecule has 0 bridgehead atoms. The molecular formula is C15H20F3NO8. The second-order valence-corrected chi connectivity index (χ2v) is 5.83. The Kier molecular flexibility index (Phi) is 7.57. The van der Waals surface area contributed by atoms with Crippen LogP contribution < -0.4 is 5.32 Å². The van der Waals surface area contributed by atoms with Gasteiger partial charge in [0.2, 0.25) is 0 Å². The Balaban J connectivity index is 3.18. The molecule has 5 atom stereocenters. The van der Waals surface area contributed by atoms with Crippen molar-refractivity contribution in [1.82, 2.24) is 5.32 Å². The molecule has 0 aromatic heterocycles. The molecule has 0 aromatic carbocycles. The van der Waals surface area contributed by atoms with E-state index in [1.54, 1.807) is 5.32 Å². The van der Waals surface area contributed by atoms with E-state index in [1.165, 1.54) is 6.92 Å². The zero-order valence-electron chi connectivity index (χ0n) is 15.0. The number of nitrogens with one attached hydrogen (secondary N) is 1. The lowest BCUT2D eigenvalue weighted by Gasteiger charge is -2.44. The topological polar surface area (TPSA) is 117 Å². The van der Waals surface area contributed by atoms with Crippen LogP contribution in [0.1, 0.15) is 27.7 Å². The Morgan fingerprint density at radius 1 is 0.963 bits per heavy atom. The van der Waals surface area contributed by atoms with Gasteiger partial charge in [-0.25, -0.2) is 0 Å². The molecule has 9 nitrogen and oxygen atoms in total. The molecule has 1 fully saturated rings. The van der Waals surface area contributed by atoms with Crippen molar-refractivity contribution in [2.75, 3.05) is 6.61 Å². The molecule has 0 aliphatic carbocycles. The van der Waals surface area contributed by atoms with Gasteiger partial charge >= 0.3 is 30.0 Å². The van der Waals surface area contributed by atoms with Crippen molar-refractivity contribution < 1.29 is 51.3 Å². The van der Waals surface area contributed by atoms with Crippen molar-refractivity contribution in [3.63, 3.8) is 0 Å². The normalized spacial score (nSPS) is 28.0. The Morgan fingerprint density at radius 3 is 1.93 bits per heavy atom. The lowest BCUT2D eigenvalue weighted by atomic mass is 9.92. The number of rotatable bonds is 5. The number of halogens is 3. The predicted molar refractivity (Wildman–Crippen MR) is 80.1 cm³/mol. The van der Waals surface area contributed by atoms with Crippen molar-refractivity contribution in [3.05, 3.63) is 0 Å². The fourth-order valence-electron chi connectivity index (χ4n) is 2.55. The molecule has 1 amide bonds. The van der Waals surface area contributed by atoms with Crippen LogP contribution in [0.25, 0.3) is 0 Å². The third-order valence-corrected chi connectivity index (χ3v) is 3.55. The molecule has 1 N–H and O–H groups in total. The first kappa shape index (κ1) is 22.7. The van der Waals surface area contributed by atoms with Crippen molar-refractivity contribution in [3.8, 4) is 0 Å². The Bertz CT molecular complexity index is 594. The molecule has 0 spiro atoms. The molecule has 27 heavy (non-hydrogen) atoms. The summed E-state index contributed by atoms with van der Waals surface area (Å²) in [5.74, 6) is -4.68. The van der Waals surface area contributed by atoms with Crippen LogP contribution in [-0.4, -0.2) is 67.1 Å². The van der Waals surface area contributed by atoms with E-state index < -0.39 is 67.1 Å². The minimum Gasteiger partial charge on any atom is -0.463 e. The second-order valence-electron chi connectivity index (χ2n) is 5.83. The first-order valence-corrected chi connectivity index (χ1v) is 7.83. The van der Waals surface area contributed by atoms with Gasteiger partial charge in [-0.2, -0.15) is 13.2 Å². The average molecular weight is 399 g/mol. The zero-order valence-corrected chi connectivity index (χ0v) is 15.0. The van der Waals surface area contributed by atoms with Crippen molar-refractivity contribution in [2.24, 2.45) is 0 Å². The summed E-state index contributed by atoms with van der Waals surface area (Å²) >= 11 is 0. The molecule has 0 saturated carbocycles. The van der Waals surface area contributed by atoms with Gasteiger partial charge in [0, 0.05) is 20.8 Å². The summed E-state index contributed by atoms with van der Waals surface area (Å²) in [7, 11) is 0. The second kappa shape index (κ2) is 9.02. The molecule has 1 heterocycles. The summed E-state index contributed by atoms with van der Waals surface area (Å²) in [5, 5.41) is 1.69. The number of amides is 1. The van der Waals surface area contributed by atoms with Crippen LogP contribution in [0.2, 0.25) is 0 Å². The fourth-order valence-corrected chi connectivity index (χ4v) is 2.55.